The van der Waals surface area contributed by atoms with Gasteiger partial charge in [-0.1, -0.05) is 47.7 Å². The number of ether oxygens (including phenoxy) is 3. The Bertz CT molecular complexity index is 1530. The molecule has 192 valence electrons. The number of carbonyl (C=O) groups is 1. The fourth-order valence-corrected chi connectivity index (χ4v) is 5.49. The number of benzene rings is 2. The molecule has 0 saturated carbocycles. The Morgan fingerprint density at radius 3 is 2.54 bits per heavy atom. The first-order valence-electron chi connectivity index (χ1n) is 12.1. The highest BCUT2D eigenvalue weighted by molar-refractivity contribution is 7.07. The van der Waals surface area contributed by atoms with Crippen molar-refractivity contribution in [2.75, 3.05) is 20.3 Å². The second-order valence-corrected chi connectivity index (χ2v) is 9.36. The Kier molecular flexibility index (Phi) is 8.08. The Hall–Kier alpha value is -3.91. The number of rotatable bonds is 9. The first-order chi connectivity index (χ1) is 17.9. The van der Waals surface area contributed by atoms with Gasteiger partial charge in [-0.15, -0.1) is 6.58 Å². The van der Waals surface area contributed by atoms with Crippen molar-refractivity contribution >= 4 is 23.4 Å². The fourth-order valence-electron chi connectivity index (χ4n) is 4.44. The summed E-state index contributed by atoms with van der Waals surface area (Å²) in [6, 6.07) is 12.7. The molecule has 3 aromatic rings. The summed E-state index contributed by atoms with van der Waals surface area (Å²) in [6.07, 6.45) is 4.23. The zero-order valence-corrected chi connectivity index (χ0v) is 22.3. The molecule has 1 aromatic heterocycles. The first-order valence-corrected chi connectivity index (χ1v) is 12.9. The van der Waals surface area contributed by atoms with Gasteiger partial charge in [-0.2, -0.15) is 0 Å². The molecule has 1 aliphatic rings. The summed E-state index contributed by atoms with van der Waals surface area (Å²) >= 11 is 1.28. The van der Waals surface area contributed by atoms with Gasteiger partial charge in [0.15, 0.2) is 16.3 Å². The third-order valence-electron chi connectivity index (χ3n) is 5.95. The van der Waals surface area contributed by atoms with Crippen molar-refractivity contribution in [1.29, 1.82) is 0 Å². The highest BCUT2D eigenvalue weighted by atomic mass is 32.1. The van der Waals surface area contributed by atoms with Gasteiger partial charge in [-0.3, -0.25) is 9.36 Å². The number of aromatic nitrogens is 1. The average molecular weight is 519 g/mol. The van der Waals surface area contributed by atoms with Crippen molar-refractivity contribution in [3.8, 4) is 11.5 Å². The largest absolute Gasteiger partial charge is 0.490 e. The van der Waals surface area contributed by atoms with Gasteiger partial charge in [0.05, 0.1) is 42.2 Å². The van der Waals surface area contributed by atoms with Gasteiger partial charge in [-0.05, 0) is 56.5 Å². The summed E-state index contributed by atoms with van der Waals surface area (Å²) in [4.78, 5) is 31.7. The van der Waals surface area contributed by atoms with Crippen LogP contribution in [0.4, 0.5) is 0 Å². The average Bonchev–Trinajstić information content (AvgIpc) is 3.19. The molecule has 8 heteroatoms. The Labute approximate surface area is 219 Å². The molecular weight excluding hydrogens is 488 g/mol. The molecule has 0 N–H and O–H groups in total. The van der Waals surface area contributed by atoms with Crippen molar-refractivity contribution in [1.82, 2.24) is 4.57 Å². The lowest BCUT2D eigenvalue weighted by Gasteiger charge is -2.24. The zero-order chi connectivity index (χ0) is 26.5. The second kappa shape index (κ2) is 11.4. The maximum atomic E-state index is 13.8. The van der Waals surface area contributed by atoms with Crippen LogP contribution in [0.5, 0.6) is 11.5 Å². The monoisotopic (exact) mass is 518 g/mol. The van der Waals surface area contributed by atoms with E-state index < -0.39 is 12.0 Å². The smallest absolute Gasteiger partial charge is 0.338 e. The molecule has 0 radical (unpaired) electrons. The number of allylic oxidation sites excluding steroid dienone is 2. The van der Waals surface area contributed by atoms with Crippen LogP contribution in [-0.2, 0) is 16.0 Å². The maximum absolute atomic E-state index is 13.8. The van der Waals surface area contributed by atoms with Gasteiger partial charge >= 0.3 is 5.97 Å². The Morgan fingerprint density at radius 2 is 1.89 bits per heavy atom. The third kappa shape index (κ3) is 5.15. The standard InChI is InChI=1S/C29H30N2O5S/c1-6-12-21-15-19(16-22(35-7-2)26(21)36-8-3)17-23-27(32)31-25(20-13-10-9-11-14-20)24(28(33)34-5)18(4)30-29(31)37-23/h6,9-11,13-17,25H,1,7-8,12H2,2-5H3. The molecule has 1 aliphatic heterocycles. The third-order valence-corrected chi connectivity index (χ3v) is 6.93. The summed E-state index contributed by atoms with van der Waals surface area (Å²) in [6.45, 7) is 10.5. The summed E-state index contributed by atoms with van der Waals surface area (Å²) in [5.41, 5.74) is 3.17. The van der Waals surface area contributed by atoms with E-state index in [1.807, 2.05) is 68.5 Å². The lowest BCUT2D eigenvalue weighted by Crippen LogP contribution is -2.39. The van der Waals surface area contributed by atoms with Crippen LogP contribution in [0, 0.1) is 0 Å². The van der Waals surface area contributed by atoms with E-state index in [1.165, 1.54) is 18.4 Å². The van der Waals surface area contributed by atoms with Crippen LogP contribution in [0.3, 0.4) is 0 Å². The van der Waals surface area contributed by atoms with E-state index >= 15 is 0 Å². The van der Waals surface area contributed by atoms with E-state index in [0.717, 1.165) is 16.7 Å². The van der Waals surface area contributed by atoms with Crippen molar-refractivity contribution in [2.45, 2.75) is 33.2 Å². The molecule has 7 nitrogen and oxygen atoms in total. The van der Waals surface area contributed by atoms with Gasteiger partial charge < -0.3 is 14.2 Å². The zero-order valence-electron chi connectivity index (χ0n) is 21.4. The van der Waals surface area contributed by atoms with E-state index in [-0.39, 0.29) is 5.56 Å². The minimum Gasteiger partial charge on any atom is -0.490 e. The van der Waals surface area contributed by atoms with Crippen LogP contribution in [0.15, 0.2) is 76.2 Å². The molecule has 0 spiro atoms. The van der Waals surface area contributed by atoms with Gasteiger partial charge in [0.2, 0.25) is 0 Å². The lowest BCUT2D eigenvalue weighted by molar-refractivity contribution is -0.136. The highest BCUT2D eigenvalue weighted by Crippen LogP contribution is 2.34. The maximum Gasteiger partial charge on any atom is 0.338 e. The van der Waals surface area contributed by atoms with Crippen LogP contribution < -0.4 is 24.4 Å². The van der Waals surface area contributed by atoms with Gasteiger partial charge in [0.25, 0.3) is 5.56 Å². The highest BCUT2D eigenvalue weighted by Gasteiger charge is 2.32. The van der Waals surface area contributed by atoms with E-state index in [9.17, 15) is 9.59 Å². The number of methoxy groups -OCH3 is 1. The molecule has 0 saturated heterocycles. The van der Waals surface area contributed by atoms with Gasteiger partial charge in [0.1, 0.15) is 0 Å². The predicted molar refractivity (Wildman–Crippen MR) is 145 cm³/mol. The quantitative estimate of drug-likeness (QED) is 0.317. The van der Waals surface area contributed by atoms with Crippen LogP contribution >= 0.6 is 11.3 Å². The Balaban J connectivity index is 1.94. The molecule has 2 aromatic carbocycles. The van der Waals surface area contributed by atoms with Gasteiger partial charge in [-0.25, -0.2) is 9.79 Å². The minimum absolute atomic E-state index is 0.233. The normalized spacial score (nSPS) is 15.1. The molecular formula is C29H30N2O5S. The van der Waals surface area contributed by atoms with E-state index in [1.54, 1.807) is 11.5 Å². The van der Waals surface area contributed by atoms with E-state index in [0.29, 0.717) is 51.7 Å². The van der Waals surface area contributed by atoms with Crippen LogP contribution in [0.25, 0.3) is 6.08 Å². The predicted octanol–water partition coefficient (Wildman–Crippen LogP) is 3.93. The van der Waals surface area contributed by atoms with E-state index in [2.05, 4.69) is 11.6 Å². The molecule has 0 aliphatic carbocycles. The summed E-state index contributed by atoms with van der Waals surface area (Å²) in [5, 5.41) is 0. The Morgan fingerprint density at radius 1 is 1.16 bits per heavy atom. The summed E-state index contributed by atoms with van der Waals surface area (Å²) in [7, 11) is 1.33. The first kappa shape index (κ1) is 26.2. The molecule has 4 rings (SSSR count). The second-order valence-electron chi connectivity index (χ2n) is 8.35. The summed E-state index contributed by atoms with van der Waals surface area (Å²) in [5.74, 6) is 0.797. The van der Waals surface area contributed by atoms with Crippen molar-refractivity contribution in [3.63, 3.8) is 0 Å². The number of fused-ring (bicyclic) bond motifs is 1. The number of hydrogen-bond acceptors (Lipinski definition) is 7. The van der Waals surface area contributed by atoms with Crippen LogP contribution in [0.2, 0.25) is 0 Å². The van der Waals surface area contributed by atoms with Crippen LogP contribution in [-0.4, -0.2) is 30.9 Å². The molecule has 37 heavy (non-hydrogen) atoms. The van der Waals surface area contributed by atoms with Gasteiger partial charge in [0, 0.05) is 5.56 Å². The topological polar surface area (TPSA) is 79.1 Å². The number of hydrogen-bond donors (Lipinski definition) is 0. The molecule has 1 atom stereocenters. The van der Waals surface area contributed by atoms with E-state index in [4.69, 9.17) is 14.2 Å². The van der Waals surface area contributed by atoms with Crippen LogP contribution in [0.1, 0.15) is 43.5 Å². The molecule has 0 fully saturated rings. The molecule has 2 heterocycles. The molecule has 0 amide bonds. The number of nitrogens with zero attached hydrogens (tertiary/aromatic N) is 2. The lowest BCUT2D eigenvalue weighted by atomic mass is 9.96. The van der Waals surface area contributed by atoms with Crippen molar-refractivity contribution in [2.24, 2.45) is 4.99 Å². The molecule has 1 unspecified atom stereocenters. The minimum atomic E-state index is -0.636. The molecule has 0 bridgehead atoms. The summed E-state index contributed by atoms with van der Waals surface area (Å²) < 4.78 is 18.9. The SMILES string of the molecule is C=CCc1cc(C=c2sc3n(c2=O)C(c2ccccc2)C(C(=O)OC)=C(C)N=3)cc(OCC)c1OCC. The fraction of sp³-hybridized carbons (Fsp3) is 0.276. The number of esters is 1. The number of thiazole rings is 1. The van der Waals surface area contributed by atoms with Crippen molar-refractivity contribution < 1.29 is 19.0 Å². The van der Waals surface area contributed by atoms with Crippen molar-refractivity contribution in [3.05, 3.63) is 103 Å². The number of carbonyl (C=O) groups excluding carboxylic acids is 1.